The molecule has 0 aromatic heterocycles. The summed E-state index contributed by atoms with van der Waals surface area (Å²) in [5.74, 6) is 0. The van der Waals surface area contributed by atoms with E-state index in [1.54, 1.807) is 0 Å². The van der Waals surface area contributed by atoms with Crippen LogP contribution < -0.4 is 51.4 Å². The summed E-state index contributed by atoms with van der Waals surface area (Å²) in [5.41, 5.74) is 0. The monoisotopic (exact) mass is 378 g/mol. The Hall–Kier alpha value is 2.20. The molecule has 0 fully saturated rings. The van der Waals surface area contributed by atoms with Gasteiger partial charge in [0.2, 0.25) is 0 Å². The third-order valence-corrected chi connectivity index (χ3v) is 5.63. The maximum Gasteiger partial charge on any atom is 1.00 e. The first-order chi connectivity index (χ1) is 7.12. The number of hydrogen-bond donors (Lipinski definition) is 6. The zero-order valence-corrected chi connectivity index (χ0v) is 15.0. The second kappa shape index (κ2) is 7.46. The molecule has 6 N–H and O–H groups in total. The molecule has 18 heteroatoms. The van der Waals surface area contributed by atoms with Crippen molar-refractivity contribution in [2.45, 2.75) is 0 Å². The van der Waals surface area contributed by atoms with Crippen molar-refractivity contribution in [2.24, 2.45) is 0 Å². The summed E-state index contributed by atoms with van der Waals surface area (Å²) >= 11 is 0. The van der Waals surface area contributed by atoms with E-state index in [0.717, 1.165) is 0 Å². The molecule has 18 heavy (non-hydrogen) atoms. The van der Waals surface area contributed by atoms with Gasteiger partial charge in [-0.15, -0.1) is 0 Å². The molecule has 0 spiro atoms. The first-order valence-corrected chi connectivity index (χ1v) is 9.08. The van der Waals surface area contributed by atoms with Crippen LogP contribution in [0.4, 0.5) is 0 Å². The van der Waals surface area contributed by atoms with Gasteiger partial charge in [0.05, 0.1) is 0 Å². The largest absolute Gasteiger partial charge is 1.00 e. The number of hydrogen-bond acceptors (Lipinski definition) is 7. The zero-order chi connectivity index (χ0) is 14.1. The van der Waals surface area contributed by atoms with E-state index in [2.05, 4.69) is 12.9 Å². The number of rotatable bonds is 6. The quantitative estimate of drug-likeness (QED) is 0.196. The van der Waals surface area contributed by atoms with E-state index in [1.807, 2.05) is 0 Å². The molecule has 0 aliphatic carbocycles. The van der Waals surface area contributed by atoms with Gasteiger partial charge in [0.15, 0.2) is 0 Å². The van der Waals surface area contributed by atoms with Crippen molar-refractivity contribution in [1.82, 2.24) is 0 Å². The normalized spacial score (nSPS) is 19.4. The summed E-state index contributed by atoms with van der Waals surface area (Å²) in [6.07, 6.45) is 0. The van der Waals surface area contributed by atoms with Gasteiger partial charge < -0.3 is 30.8 Å². The van der Waals surface area contributed by atoms with Gasteiger partial charge in [0, 0.05) is 0 Å². The third kappa shape index (κ3) is 13.2. The van der Waals surface area contributed by atoms with Crippen molar-refractivity contribution >= 4 is 31.3 Å². The smallest absolute Gasteiger partial charge is 1.00 e. The van der Waals surface area contributed by atoms with Crippen molar-refractivity contribution in [3.63, 3.8) is 0 Å². The topological polar surface area (TPSA) is 217 Å². The van der Waals surface area contributed by atoms with Crippen LogP contribution in [0.2, 0.25) is 0 Å². The standard InChI is InChI=1S/K.H6O13P4.H/c;1-14(2,3)11-16(7,8)13-17(9,10)12-15(4,5)6;/h;(H,7,8)(H,9,10)(H2,1,2,3)(H2,4,5,6);/q+1;;-1. The Labute approximate surface area is 143 Å². The minimum atomic E-state index is -5.77. The molecule has 0 aliphatic rings. The van der Waals surface area contributed by atoms with Crippen LogP contribution in [0.5, 0.6) is 0 Å². The Morgan fingerprint density at radius 2 is 0.833 bits per heavy atom. The van der Waals surface area contributed by atoms with Crippen molar-refractivity contribution in [2.75, 3.05) is 0 Å². The molecule has 0 radical (unpaired) electrons. The summed E-state index contributed by atoms with van der Waals surface area (Å²) in [4.78, 5) is 49.4. The molecule has 0 amide bonds. The fourth-order valence-corrected chi connectivity index (χ4v) is 4.40. The predicted molar refractivity (Wildman–Crippen MR) is 48.1 cm³/mol. The summed E-state index contributed by atoms with van der Waals surface area (Å²) in [6, 6.07) is 0. The molecular weight excluding hydrogens is 371 g/mol. The first-order valence-electron chi connectivity index (χ1n) is 3.03. The van der Waals surface area contributed by atoms with E-state index in [4.69, 9.17) is 29.4 Å². The molecule has 0 aromatic carbocycles. The summed E-state index contributed by atoms with van der Waals surface area (Å²) in [6.45, 7) is 0. The molecule has 0 aromatic rings. The van der Waals surface area contributed by atoms with E-state index >= 15 is 0 Å². The van der Waals surface area contributed by atoms with Gasteiger partial charge in [-0.25, -0.2) is 18.3 Å². The van der Waals surface area contributed by atoms with Crippen LogP contribution in [-0.4, -0.2) is 29.4 Å². The van der Waals surface area contributed by atoms with Crippen LogP contribution in [0, 0.1) is 0 Å². The van der Waals surface area contributed by atoms with E-state index < -0.39 is 31.3 Å². The van der Waals surface area contributed by atoms with Crippen molar-refractivity contribution in [1.29, 1.82) is 0 Å². The molecule has 0 rings (SSSR count). The van der Waals surface area contributed by atoms with Gasteiger partial charge in [-0.3, -0.25) is 0 Å². The van der Waals surface area contributed by atoms with Crippen LogP contribution in [0.25, 0.3) is 0 Å². The molecule has 0 saturated carbocycles. The Kier molecular flexibility index (Phi) is 9.31. The van der Waals surface area contributed by atoms with Gasteiger partial charge in [-0.05, 0) is 0 Å². The minimum Gasteiger partial charge on any atom is -1.00 e. The Bertz CT molecular complexity index is 413. The van der Waals surface area contributed by atoms with Crippen LogP contribution >= 0.6 is 31.3 Å². The van der Waals surface area contributed by atoms with E-state index in [0.29, 0.717) is 0 Å². The zero-order valence-electron chi connectivity index (χ0n) is 9.33. The van der Waals surface area contributed by atoms with E-state index in [-0.39, 0.29) is 52.8 Å². The Morgan fingerprint density at radius 1 is 0.611 bits per heavy atom. The molecule has 0 aliphatic heterocycles. The fourth-order valence-electron chi connectivity index (χ4n) is 0.429. The predicted octanol–water partition coefficient (Wildman–Crippen LogP) is -3.46. The van der Waals surface area contributed by atoms with Crippen molar-refractivity contribution in [3.8, 4) is 0 Å². The molecular formula is H7KO13P4. The van der Waals surface area contributed by atoms with E-state index in [9.17, 15) is 18.3 Å². The number of phosphoric acid groups is 4. The minimum absolute atomic E-state index is 0. The Morgan fingerprint density at radius 3 is 1.00 bits per heavy atom. The van der Waals surface area contributed by atoms with Crippen LogP contribution in [0.3, 0.4) is 0 Å². The van der Waals surface area contributed by atoms with Crippen LogP contribution in [-0.2, 0) is 31.2 Å². The Balaban J connectivity index is -0.00000128. The molecule has 0 saturated heterocycles. The SMILES string of the molecule is O=P(O)(O)OP(=O)(O)OP(=O)(O)OP(=O)(O)O.[H-].[K+]. The fraction of sp³-hybridized carbons (Fsp3) is 0. The maximum atomic E-state index is 10.7. The second-order valence-electron chi connectivity index (χ2n) is 2.16. The van der Waals surface area contributed by atoms with Crippen molar-refractivity contribution in [3.05, 3.63) is 0 Å². The van der Waals surface area contributed by atoms with Gasteiger partial charge in [-0.2, -0.15) is 12.9 Å². The molecule has 13 nitrogen and oxygen atoms in total. The van der Waals surface area contributed by atoms with Gasteiger partial charge in [0.1, 0.15) is 0 Å². The molecule has 2 atom stereocenters. The van der Waals surface area contributed by atoms with Gasteiger partial charge in [-0.1, -0.05) is 0 Å². The summed E-state index contributed by atoms with van der Waals surface area (Å²) < 4.78 is 50.9. The molecule has 106 valence electrons. The first kappa shape index (κ1) is 22.5. The summed E-state index contributed by atoms with van der Waals surface area (Å²) in [5, 5.41) is 0. The average molecular weight is 378 g/mol. The van der Waals surface area contributed by atoms with Crippen LogP contribution in [0.1, 0.15) is 1.43 Å². The molecule has 2 unspecified atom stereocenters. The molecule has 0 heterocycles. The van der Waals surface area contributed by atoms with Gasteiger partial charge >= 0.3 is 82.7 Å². The summed E-state index contributed by atoms with van der Waals surface area (Å²) in [7, 11) is -22.6. The van der Waals surface area contributed by atoms with Crippen molar-refractivity contribution < 1.29 is 113 Å². The second-order valence-corrected chi connectivity index (χ2v) is 7.96. The maximum absolute atomic E-state index is 10.7. The van der Waals surface area contributed by atoms with Gasteiger partial charge in [0.25, 0.3) is 0 Å². The third-order valence-electron chi connectivity index (χ3n) is 0.625. The van der Waals surface area contributed by atoms with E-state index in [1.165, 1.54) is 0 Å². The molecule has 0 bridgehead atoms. The van der Waals surface area contributed by atoms with Crippen LogP contribution in [0.15, 0.2) is 0 Å². The average Bonchev–Trinajstić information content (AvgIpc) is 1.65.